The smallest absolute Gasteiger partial charge is 0.175 e. The van der Waals surface area contributed by atoms with E-state index < -0.39 is 9.84 Å². The molecule has 17 heavy (non-hydrogen) atoms. The zero-order valence-electron chi connectivity index (χ0n) is 9.64. The molecule has 5 heteroatoms. The van der Waals surface area contributed by atoms with Crippen LogP contribution in [0, 0.1) is 0 Å². The van der Waals surface area contributed by atoms with Crippen molar-refractivity contribution >= 4 is 15.6 Å². The summed E-state index contributed by atoms with van der Waals surface area (Å²) in [7, 11) is -3.29. The van der Waals surface area contributed by atoms with Gasteiger partial charge >= 0.3 is 0 Å². The van der Waals surface area contributed by atoms with E-state index in [1.54, 1.807) is 24.3 Å². The summed E-state index contributed by atoms with van der Waals surface area (Å²) in [6, 6.07) is 6.74. The number of ketones is 1. The van der Waals surface area contributed by atoms with E-state index in [0.717, 1.165) is 0 Å². The van der Waals surface area contributed by atoms with Gasteiger partial charge in [-0.25, -0.2) is 8.42 Å². The molecule has 1 atom stereocenters. The van der Waals surface area contributed by atoms with Crippen molar-refractivity contribution in [2.24, 2.45) is 0 Å². The highest BCUT2D eigenvalue weighted by atomic mass is 32.2. The lowest BCUT2D eigenvalue weighted by Gasteiger charge is -2.23. The van der Waals surface area contributed by atoms with E-state index in [4.69, 9.17) is 0 Å². The summed E-state index contributed by atoms with van der Waals surface area (Å²) >= 11 is 0. The Morgan fingerprint density at radius 3 is 2.65 bits per heavy atom. The van der Waals surface area contributed by atoms with Crippen molar-refractivity contribution < 1.29 is 13.2 Å². The molecular formula is C12H15NO3S. The Morgan fingerprint density at radius 1 is 1.29 bits per heavy atom. The fraction of sp³-hybridized carbons (Fsp3) is 0.417. The van der Waals surface area contributed by atoms with Crippen LogP contribution in [0.1, 0.15) is 17.9 Å². The van der Waals surface area contributed by atoms with Gasteiger partial charge in [0.1, 0.15) is 5.78 Å². The predicted octanol–water partition coefficient (Wildman–Crippen LogP) is 0.736. The molecular weight excluding hydrogens is 238 g/mol. The fourth-order valence-corrected chi connectivity index (χ4v) is 3.10. The Kier molecular flexibility index (Phi) is 3.31. The average molecular weight is 253 g/mol. The number of carbonyl (C=O) groups is 1. The van der Waals surface area contributed by atoms with Crippen LogP contribution in [-0.2, 0) is 14.6 Å². The maximum atomic E-state index is 11.8. The molecule has 4 nitrogen and oxygen atoms in total. The minimum absolute atomic E-state index is 0.111. The van der Waals surface area contributed by atoms with E-state index in [1.165, 1.54) is 6.26 Å². The number of Topliss-reactive ketones (excluding diaryl/α,β-unsaturated/α-hetero) is 1. The van der Waals surface area contributed by atoms with Crippen LogP contribution in [0.25, 0.3) is 0 Å². The largest absolute Gasteiger partial charge is 0.315 e. The van der Waals surface area contributed by atoms with Crippen molar-refractivity contribution in [2.45, 2.75) is 17.2 Å². The zero-order valence-corrected chi connectivity index (χ0v) is 10.5. The Labute approximate surface area is 101 Å². The first-order valence-electron chi connectivity index (χ1n) is 5.52. The lowest BCUT2D eigenvalue weighted by molar-refractivity contribution is -0.121. The maximum Gasteiger partial charge on any atom is 0.175 e. The van der Waals surface area contributed by atoms with Gasteiger partial charge in [0.05, 0.1) is 10.8 Å². The molecule has 1 saturated heterocycles. The molecule has 1 aromatic rings. The molecule has 92 valence electrons. The minimum Gasteiger partial charge on any atom is -0.315 e. The van der Waals surface area contributed by atoms with Crippen molar-refractivity contribution in [1.82, 2.24) is 5.32 Å². The number of piperidine rings is 1. The summed E-state index contributed by atoms with van der Waals surface area (Å²) in [5, 5.41) is 3.13. The van der Waals surface area contributed by atoms with Crippen LogP contribution in [0.3, 0.4) is 0 Å². The zero-order chi connectivity index (χ0) is 12.5. The van der Waals surface area contributed by atoms with Gasteiger partial charge in [0.2, 0.25) is 0 Å². The highest BCUT2D eigenvalue weighted by molar-refractivity contribution is 7.90. The van der Waals surface area contributed by atoms with Gasteiger partial charge in [-0.15, -0.1) is 0 Å². The van der Waals surface area contributed by atoms with Crippen molar-refractivity contribution in [3.05, 3.63) is 29.8 Å². The van der Waals surface area contributed by atoms with Crippen LogP contribution in [0.5, 0.6) is 0 Å². The summed E-state index contributed by atoms with van der Waals surface area (Å²) in [5.41, 5.74) is 0.618. The summed E-state index contributed by atoms with van der Waals surface area (Å²) in [6.07, 6.45) is 1.63. The van der Waals surface area contributed by atoms with Gasteiger partial charge in [-0.05, 0) is 11.6 Å². The van der Waals surface area contributed by atoms with Crippen LogP contribution < -0.4 is 5.32 Å². The van der Waals surface area contributed by atoms with E-state index in [1.807, 2.05) is 0 Å². The fourth-order valence-electron chi connectivity index (χ4n) is 2.14. The first kappa shape index (κ1) is 12.3. The van der Waals surface area contributed by atoms with Gasteiger partial charge in [-0.1, -0.05) is 18.2 Å². The van der Waals surface area contributed by atoms with E-state index >= 15 is 0 Å². The van der Waals surface area contributed by atoms with Crippen LogP contribution in [-0.4, -0.2) is 33.5 Å². The third-order valence-corrected chi connectivity index (χ3v) is 4.15. The Hall–Kier alpha value is -1.20. The number of hydrogen-bond acceptors (Lipinski definition) is 4. The summed E-state index contributed by atoms with van der Waals surface area (Å²) in [5.74, 6) is -0.227. The third kappa shape index (κ3) is 2.56. The first-order chi connectivity index (χ1) is 8.00. The molecule has 0 radical (unpaired) electrons. The second kappa shape index (κ2) is 4.58. The standard InChI is InChI=1S/C12H15NO3S/c1-17(15,16)12-5-3-2-4-9(12)10-8-13-7-6-11(10)14/h2-5,10,13H,6-8H2,1H3. The van der Waals surface area contributed by atoms with Crippen molar-refractivity contribution in [2.75, 3.05) is 19.3 Å². The van der Waals surface area contributed by atoms with Gasteiger partial charge in [-0.3, -0.25) is 4.79 Å². The highest BCUT2D eigenvalue weighted by Gasteiger charge is 2.27. The van der Waals surface area contributed by atoms with Gasteiger partial charge in [0.25, 0.3) is 0 Å². The van der Waals surface area contributed by atoms with Gasteiger partial charge < -0.3 is 5.32 Å². The highest BCUT2D eigenvalue weighted by Crippen LogP contribution is 2.26. The van der Waals surface area contributed by atoms with Gasteiger partial charge in [0, 0.05) is 25.8 Å². The van der Waals surface area contributed by atoms with Crippen molar-refractivity contribution in [1.29, 1.82) is 0 Å². The van der Waals surface area contributed by atoms with Gasteiger partial charge in [0.15, 0.2) is 9.84 Å². The SMILES string of the molecule is CS(=O)(=O)c1ccccc1C1CNCCC1=O. The molecule has 1 unspecified atom stereocenters. The Balaban J connectivity index is 2.48. The molecule has 0 saturated carbocycles. The number of carbonyl (C=O) groups excluding carboxylic acids is 1. The van der Waals surface area contributed by atoms with Crippen LogP contribution in [0.15, 0.2) is 29.2 Å². The van der Waals surface area contributed by atoms with Crippen LogP contribution in [0.2, 0.25) is 0 Å². The Bertz CT molecular complexity index is 536. The topological polar surface area (TPSA) is 63.2 Å². The normalized spacial score (nSPS) is 21.5. The first-order valence-corrected chi connectivity index (χ1v) is 7.41. The molecule has 0 aromatic heterocycles. The van der Waals surface area contributed by atoms with Crippen molar-refractivity contribution in [3.63, 3.8) is 0 Å². The number of rotatable bonds is 2. The molecule has 0 spiro atoms. The van der Waals surface area contributed by atoms with Crippen LogP contribution in [0.4, 0.5) is 0 Å². The molecule has 2 rings (SSSR count). The van der Waals surface area contributed by atoms with E-state index in [-0.39, 0.29) is 16.6 Å². The Morgan fingerprint density at radius 2 is 2.00 bits per heavy atom. The second-order valence-corrected chi connectivity index (χ2v) is 6.27. The van der Waals surface area contributed by atoms with E-state index in [9.17, 15) is 13.2 Å². The molecule has 1 heterocycles. The predicted molar refractivity (Wildman–Crippen MR) is 64.8 cm³/mol. The molecule has 0 bridgehead atoms. The summed E-state index contributed by atoms with van der Waals surface area (Å²) in [4.78, 5) is 12.1. The molecule has 1 aliphatic heterocycles. The molecule has 1 aromatic carbocycles. The third-order valence-electron chi connectivity index (χ3n) is 2.98. The molecule has 0 amide bonds. The van der Waals surface area contributed by atoms with E-state index in [2.05, 4.69) is 5.32 Å². The minimum atomic E-state index is -3.29. The number of nitrogens with one attached hydrogen (secondary N) is 1. The quantitative estimate of drug-likeness (QED) is 0.844. The van der Waals surface area contributed by atoms with Crippen molar-refractivity contribution in [3.8, 4) is 0 Å². The summed E-state index contributed by atoms with van der Waals surface area (Å²) in [6.45, 7) is 1.20. The second-order valence-electron chi connectivity index (χ2n) is 4.28. The summed E-state index contributed by atoms with van der Waals surface area (Å²) < 4.78 is 23.3. The number of sulfone groups is 1. The molecule has 1 aliphatic rings. The lowest BCUT2D eigenvalue weighted by atomic mass is 9.90. The van der Waals surface area contributed by atoms with Gasteiger partial charge in [-0.2, -0.15) is 0 Å². The molecule has 1 N–H and O–H groups in total. The number of hydrogen-bond donors (Lipinski definition) is 1. The van der Waals surface area contributed by atoms with E-state index in [0.29, 0.717) is 25.1 Å². The lowest BCUT2D eigenvalue weighted by Crippen LogP contribution is -2.35. The number of benzene rings is 1. The molecule has 0 aliphatic carbocycles. The monoisotopic (exact) mass is 253 g/mol. The molecule has 1 fully saturated rings. The maximum absolute atomic E-state index is 11.8. The average Bonchev–Trinajstić information content (AvgIpc) is 2.28. The van der Waals surface area contributed by atoms with Crippen LogP contribution >= 0.6 is 0 Å².